The smallest absolute Gasteiger partial charge is 0.0671 e. The molecule has 4 heteroatoms. The van der Waals surface area contributed by atoms with Crippen LogP contribution in [0.4, 0.5) is 0 Å². The van der Waals surface area contributed by atoms with E-state index in [2.05, 4.69) is 59.4 Å². The Hall–Kier alpha value is -0.350. The van der Waals surface area contributed by atoms with Crippen LogP contribution in [0.2, 0.25) is 5.02 Å². The third kappa shape index (κ3) is 3.85. The maximum atomic E-state index is 6.10. The third-order valence-corrected chi connectivity index (χ3v) is 5.70. The van der Waals surface area contributed by atoms with Crippen LogP contribution in [-0.4, -0.2) is 6.54 Å². The molecule has 20 heavy (non-hydrogen) atoms. The lowest BCUT2D eigenvalue weighted by atomic mass is 10.1. The molecule has 0 fully saturated rings. The molecule has 1 heterocycles. The summed E-state index contributed by atoms with van der Waals surface area (Å²) >= 11 is 11.5. The van der Waals surface area contributed by atoms with Crippen LogP contribution in [0, 0.1) is 0 Å². The predicted molar refractivity (Wildman–Crippen MR) is 93.0 cm³/mol. The monoisotopic (exact) mass is 371 g/mol. The summed E-state index contributed by atoms with van der Waals surface area (Å²) in [5, 5.41) is 4.39. The number of hydrogen-bond acceptors (Lipinski definition) is 2. The summed E-state index contributed by atoms with van der Waals surface area (Å²) in [4.78, 5) is 2.79. The van der Waals surface area contributed by atoms with Crippen molar-refractivity contribution in [1.29, 1.82) is 0 Å². The van der Waals surface area contributed by atoms with Crippen LogP contribution < -0.4 is 5.32 Å². The zero-order valence-electron chi connectivity index (χ0n) is 11.7. The maximum Gasteiger partial charge on any atom is 0.0671 e. The molecule has 1 nitrogen and oxygen atoms in total. The van der Waals surface area contributed by atoms with Gasteiger partial charge >= 0.3 is 0 Å². The number of halogens is 2. The van der Waals surface area contributed by atoms with Crippen molar-refractivity contribution < 1.29 is 0 Å². The van der Waals surface area contributed by atoms with Crippen molar-refractivity contribution in [2.24, 2.45) is 0 Å². The van der Waals surface area contributed by atoms with E-state index >= 15 is 0 Å². The summed E-state index contributed by atoms with van der Waals surface area (Å²) in [6, 6.07) is 10.9. The molecule has 0 aliphatic heterocycles. The largest absolute Gasteiger partial charge is 0.306 e. The number of nitrogens with one attached hydrogen (secondary N) is 1. The molecule has 1 N–H and O–H groups in total. The van der Waals surface area contributed by atoms with Gasteiger partial charge in [0.1, 0.15) is 0 Å². The summed E-state index contributed by atoms with van der Waals surface area (Å²) in [7, 11) is 0. The van der Waals surface area contributed by atoms with E-state index in [4.69, 9.17) is 11.6 Å². The first kappa shape index (κ1) is 16.0. The Bertz CT molecular complexity index is 567. The van der Waals surface area contributed by atoms with Crippen LogP contribution in [0.5, 0.6) is 0 Å². The van der Waals surface area contributed by atoms with E-state index in [0.29, 0.717) is 0 Å². The van der Waals surface area contributed by atoms with Gasteiger partial charge in [-0.25, -0.2) is 0 Å². The van der Waals surface area contributed by atoms with Crippen molar-refractivity contribution in [2.75, 3.05) is 6.54 Å². The van der Waals surface area contributed by atoms with Gasteiger partial charge in [0.25, 0.3) is 0 Å². The maximum absolute atomic E-state index is 6.10. The van der Waals surface area contributed by atoms with E-state index in [1.807, 2.05) is 17.4 Å². The van der Waals surface area contributed by atoms with E-state index in [1.165, 1.54) is 15.3 Å². The molecule has 2 rings (SSSR count). The fourth-order valence-corrected chi connectivity index (χ4v) is 3.67. The van der Waals surface area contributed by atoms with Crippen molar-refractivity contribution in [3.63, 3.8) is 0 Å². The number of rotatable bonds is 6. The molecular weight excluding hydrogens is 354 g/mol. The second-order valence-electron chi connectivity index (χ2n) is 4.72. The molecule has 2 aromatic rings. The van der Waals surface area contributed by atoms with Crippen LogP contribution in [0.1, 0.15) is 41.6 Å². The van der Waals surface area contributed by atoms with Crippen molar-refractivity contribution in [2.45, 2.75) is 32.7 Å². The Kier molecular flexibility index (Phi) is 6.09. The van der Waals surface area contributed by atoms with E-state index in [-0.39, 0.29) is 6.04 Å². The van der Waals surface area contributed by atoms with E-state index in [0.717, 1.165) is 28.9 Å². The lowest BCUT2D eigenvalue weighted by Crippen LogP contribution is -2.22. The highest BCUT2D eigenvalue weighted by molar-refractivity contribution is 9.10. The zero-order valence-corrected chi connectivity index (χ0v) is 14.9. The number of aryl methyl sites for hydroxylation is 1. The molecule has 0 saturated carbocycles. The van der Waals surface area contributed by atoms with Gasteiger partial charge in [0.2, 0.25) is 0 Å². The van der Waals surface area contributed by atoms with Gasteiger partial charge in [-0.1, -0.05) is 31.5 Å². The van der Waals surface area contributed by atoms with Crippen LogP contribution in [0.15, 0.2) is 34.8 Å². The topological polar surface area (TPSA) is 12.0 Å². The fourth-order valence-electron chi connectivity index (χ4n) is 2.10. The number of hydrogen-bond donors (Lipinski definition) is 1. The lowest BCUT2D eigenvalue weighted by molar-refractivity contribution is 0.605. The zero-order chi connectivity index (χ0) is 14.5. The van der Waals surface area contributed by atoms with Gasteiger partial charge in [-0.05, 0) is 65.1 Å². The second-order valence-corrected chi connectivity index (χ2v) is 7.18. The highest BCUT2D eigenvalue weighted by Gasteiger charge is 2.16. The molecule has 0 saturated heterocycles. The minimum absolute atomic E-state index is 0.244. The molecule has 1 atom stereocenters. The minimum Gasteiger partial charge on any atom is -0.306 e. The van der Waals surface area contributed by atoms with Crippen LogP contribution in [0.25, 0.3) is 0 Å². The fraction of sp³-hybridized carbons (Fsp3) is 0.375. The van der Waals surface area contributed by atoms with Crippen molar-refractivity contribution >= 4 is 38.9 Å². The van der Waals surface area contributed by atoms with Gasteiger partial charge < -0.3 is 5.32 Å². The van der Waals surface area contributed by atoms with Gasteiger partial charge in [0.15, 0.2) is 0 Å². The molecule has 1 aromatic carbocycles. The lowest BCUT2D eigenvalue weighted by Gasteiger charge is -2.18. The average molecular weight is 373 g/mol. The summed E-state index contributed by atoms with van der Waals surface area (Å²) < 4.78 is 0.951. The Balaban J connectivity index is 2.32. The Morgan fingerprint density at radius 3 is 2.65 bits per heavy atom. The normalized spacial score (nSPS) is 12.6. The van der Waals surface area contributed by atoms with E-state index < -0.39 is 0 Å². The average Bonchev–Trinajstić information content (AvgIpc) is 2.92. The van der Waals surface area contributed by atoms with Crippen LogP contribution in [0.3, 0.4) is 0 Å². The van der Waals surface area contributed by atoms with Gasteiger partial charge in [-0.15, -0.1) is 11.3 Å². The first-order chi connectivity index (χ1) is 9.65. The molecule has 0 spiro atoms. The van der Waals surface area contributed by atoms with Crippen molar-refractivity contribution in [3.8, 4) is 0 Å². The molecule has 0 bridgehead atoms. The Morgan fingerprint density at radius 2 is 2.05 bits per heavy atom. The van der Waals surface area contributed by atoms with Crippen molar-refractivity contribution in [3.05, 3.63) is 55.1 Å². The van der Waals surface area contributed by atoms with Crippen LogP contribution in [-0.2, 0) is 6.42 Å². The van der Waals surface area contributed by atoms with Gasteiger partial charge in [0.05, 0.1) is 11.1 Å². The molecule has 0 radical (unpaired) electrons. The highest BCUT2D eigenvalue weighted by atomic mass is 79.9. The summed E-state index contributed by atoms with van der Waals surface area (Å²) in [6.07, 6.45) is 2.22. The van der Waals surface area contributed by atoms with Crippen LogP contribution >= 0.6 is 38.9 Å². The Labute approximate surface area is 138 Å². The quantitative estimate of drug-likeness (QED) is 0.674. The SMILES string of the molecule is CCCNC(c1ccc(Cl)c(Br)c1)c1ccc(CC)s1. The molecule has 0 amide bonds. The van der Waals surface area contributed by atoms with Gasteiger partial charge in [-0.2, -0.15) is 0 Å². The number of benzene rings is 1. The molecule has 1 aromatic heterocycles. The van der Waals surface area contributed by atoms with Gasteiger partial charge in [-0.3, -0.25) is 0 Å². The third-order valence-electron chi connectivity index (χ3n) is 3.19. The number of thiophene rings is 1. The molecule has 1 unspecified atom stereocenters. The molecule has 108 valence electrons. The van der Waals surface area contributed by atoms with Gasteiger partial charge in [0, 0.05) is 14.2 Å². The summed E-state index contributed by atoms with van der Waals surface area (Å²) in [5.74, 6) is 0. The first-order valence-electron chi connectivity index (χ1n) is 6.92. The first-order valence-corrected chi connectivity index (χ1v) is 8.91. The summed E-state index contributed by atoms with van der Waals surface area (Å²) in [6.45, 7) is 5.39. The molecule has 0 aliphatic rings. The summed E-state index contributed by atoms with van der Waals surface area (Å²) in [5.41, 5.74) is 1.25. The molecular formula is C16H19BrClNS. The van der Waals surface area contributed by atoms with Crippen molar-refractivity contribution in [1.82, 2.24) is 5.32 Å². The van der Waals surface area contributed by atoms with E-state index in [9.17, 15) is 0 Å². The highest BCUT2D eigenvalue weighted by Crippen LogP contribution is 2.32. The Morgan fingerprint density at radius 1 is 1.25 bits per heavy atom. The predicted octanol–water partition coefficient (Wildman–Crippen LogP) is 5.82. The van der Waals surface area contributed by atoms with E-state index in [1.54, 1.807) is 0 Å². The minimum atomic E-state index is 0.244. The standard InChI is InChI=1S/C16H19BrClNS/c1-3-9-19-16(15-8-6-12(4-2)20-15)11-5-7-14(18)13(17)10-11/h5-8,10,16,19H,3-4,9H2,1-2H3. The second kappa shape index (κ2) is 7.60. The molecule has 0 aliphatic carbocycles.